The van der Waals surface area contributed by atoms with Crippen LogP contribution in [0.2, 0.25) is 5.02 Å². The van der Waals surface area contributed by atoms with Crippen LogP contribution in [0.4, 0.5) is 0 Å². The first-order valence-corrected chi connectivity index (χ1v) is 6.46. The molecule has 1 aromatic rings. The maximum atomic E-state index is 6.24. The summed E-state index contributed by atoms with van der Waals surface area (Å²) in [5.74, 6) is 0. The van der Waals surface area contributed by atoms with Crippen molar-refractivity contribution in [3.63, 3.8) is 0 Å². The Morgan fingerprint density at radius 1 is 1.31 bits per heavy atom. The molecule has 0 bridgehead atoms. The van der Waals surface area contributed by atoms with Gasteiger partial charge in [-0.1, -0.05) is 25.4 Å². The van der Waals surface area contributed by atoms with E-state index in [0.717, 1.165) is 42.3 Å². The van der Waals surface area contributed by atoms with Gasteiger partial charge in [-0.15, -0.1) is 0 Å². The zero-order valence-corrected chi connectivity index (χ0v) is 11.4. The summed E-state index contributed by atoms with van der Waals surface area (Å²) in [5.41, 5.74) is 2.03. The quantitative estimate of drug-likeness (QED) is 0.832. The topological polar surface area (TPSA) is 29.9 Å². The minimum absolute atomic E-state index is 0.566. The molecule has 0 radical (unpaired) electrons. The van der Waals surface area contributed by atoms with Gasteiger partial charge in [-0.25, -0.2) is 0 Å². The first-order valence-electron chi connectivity index (χ1n) is 6.09. The van der Waals surface area contributed by atoms with Crippen LogP contribution in [0.25, 0.3) is 0 Å². The highest BCUT2D eigenvalue weighted by atomic mass is 35.5. The Labute approximate surface area is 103 Å². The molecule has 16 heavy (non-hydrogen) atoms. The maximum Gasteiger partial charge on any atom is 0.0860 e. The molecular formula is C12H22ClN3. The normalized spacial score (nSPS) is 11.4. The van der Waals surface area contributed by atoms with E-state index in [2.05, 4.69) is 31.2 Å². The summed E-state index contributed by atoms with van der Waals surface area (Å²) in [6.07, 6.45) is 2.29. The van der Waals surface area contributed by atoms with E-state index >= 15 is 0 Å². The Balaban J connectivity index is 2.72. The van der Waals surface area contributed by atoms with E-state index < -0.39 is 0 Å². The van der Waals surface area contributed by atoms with Crippen LogP contribution in [0.5, 0.6) is 0 Å². The molecular weight excluding hydrogens is 222 g/mol. The van der Waals surface area contributed by atoms with Crippen molar-refractivity contribution in [3.8, 4) is 0 Å². The average molecular weight is 244 g/mol. The van der Waals surface area contributed by atoms with Gasteiger partial charge in [0.05, 0.1) is 16.4 Å². The van der Waals surface area contributed by atoms with Gasteiger partial charge in [0.15, 0.2) is 0 Å². The highest BCUT2D eigenvalue weighted by molar-refractivity contribution is 6.31. The zero-order chi connectivity index (χ0) is 12.1. The molecule has 0 aliphatic rings. The van der Waals surface area contributed by atoms with Crippen LogP contribution in [0.1, 0.15) is 45.0 Å². The first kappa shape index (κ1) is 13.5. The van der Waals surface area contributed by atoms with Crippen LogP contribution in [0.15, 0.2) is 0 Å². The molecule has 1 aromatic heterocycles. The Morgan fingerprint density at radius 2 is 1.94 bits per heavy atom. The number of aromatic nitrogens is 2. The van der Waals surface area contributed by atoms with Crippen molar-refractivity contribution in [2.45, 2.75) is 59.7 Å². The monoisotopic (exact) mass is 243 g/mol. The lowest BCUT2D eigenvalue weighted by molar-refractivity contribution is 0.467. The third-order valence-electron chi connectivity index (χ3n) is 3.00. The molecule has 0 atom stereocenters. The van der Waals surface area contributed by atoms with Crippen molar-refractivity contribution in [2.24, 2.45) is 0 Å². The van der Waals surface area contributed by atoms with Gasteiger partial charge in [0.2, 0.25) is 0 Å². The Kier molecular flexibility index (Phi) is 5.29. The van der Waals surface area contributed by atoms with E-state index in [-0.39, 0.29) is 0 Å². The minimum atomic E-state index is 0.566. The second-order valence-electron chi connectivity index (χ2n) is 4.06. The van der Waals surface area contributed by atoms with Crippen LogP contribution in [0.3, 0.4) is 0 Å². The summed E-state index contributed by atoms with van der Waals surface area (Å²) in [7, 11) is 0. The van der Waals surface area contributed by atoms with Crippen LogP contribution >= 0.6 is 11.6 Å². The lowest BCUT2D eigenvalue weighted by atomic mass is 10.2. The van der Waals surface area contributed by atoms with Crippen LogP contribution in [-0.4, -0.2) is 15.8 Å². The third-order valence-corrected chi connectivity index (χ3v) is 3.49. The van der Waals surface area contributed by atoms with Crippen molar-refractivity contribution >= 4 is 11.6 Å². The van der Waals surface area contributed by atoms with E-state index in [1.54, 1.807) is 0 Å². The molecule has 0 unspecified atom stereocenters. The molecule has 0 aliphatic carbocycles. The first-order chi connectivity index (χ1) is 7.63. The molecule has 0 saturated carbocycles. The van der Waals surface area contributed by atoms with Gasteiger partial charge in [-0.2, -0.15) is 5.10 Å². The average Bonchev–Trinajstić information content (AvgIpc) is 2.57. The Morgan fingerprint density at radius 3 is 2.44 bits per heavy atom. The van der Waals surface area contributed by atoms with Crippen LogP contribution in [0, 0.1) is 6.92 Å². The lowest BCUT2D eigenvalue weighted by Gasteiger charge is -2.15. The van der Waals surface area contributed by atoms with Gasteiger partial charge in [0.1, 0.15) is 0 Å². The summed E-state index contributed by atoms with van der Waals surface area (Å²) in [5, 5.41) is 8.73. The third kappa shape index (κ3) is 2.98. The van der Waals surface area contributed by atoms with Crippen LogP contribution in [-0.2, 0) is 13.1 Å². The van der Waals surface area contributed by atoms with E-state index in [0.29, 0.717) is 6.04 Å². The smallest absolute Gasteiger partial charge is 0.0860 e. The summed E-state index contributed by atoms with van der Waals surface area (Å²) in [6.45, 7) is 10.1. The molecule has 4 heteroatoms. The van der Waals surface area contributed by atoms with E-state index in [4.69, 9.17) is 11.6 Å². The number of hydrogen-bond donors (Lipinski definition) is 1. The number of nitrogens with one attached hydrogen (secondary N) is 1. The largest absolute Gasteiger partial charge is 0.308 e. The highest BCUT2D eigenvalue weighted by Gasteiger charge is 2.13. The maximum absolute atomic E-state index is 6.24. The number of nitrogens with zero attached hydrogens (tertiary/aromatic N) is 2. The van der Waals surface area contributed by atoms with Crippen molar-refractivity contribution in [1.29, 1.82) is 0 Å². The molecule has 0 spiro atoms. The lowest BCUT2D eigenvalue weighted by Crippen LogP contribution is -2.28. The molecule has 1 rings (SSSR count). The highest BCUT2D eigenvalue weighted by Crippen LogP contribution is 2.20. The molecule has 1 N–H and O–H groups in total. The van der Waals surface area contributed by atoms with Crippen molar-refractivity contribution in [1.82, 2.24) is 15.1 Å². The van der Waals surface area contributed by atoms with Crippen molar-refractivity contribution in [3.05, 3.63) is 16.4 Å². The SMILES string of the molecule is CCC(CC)NCc1c(Cl)c(C)nn1CC. The number of aryl methyl sites for hydroxylation is 2. The van der Waals surface area contributed by atoms with E-state index in [1.165, 1.54) is 0 Å². The van der Waals surface area contributed by atoms with Gasteiger partial charge in [0.25, 0.3) is 0 Å². The predicted molar refractivity (Wildman–Crippen MR) is 68.9 cm³/mol. The van der Waals surface area contributed by atoms with Crippen molar-refractivity contribution in [2.75, 3.05) is 0 Å². The summed E-state index contributed by atoms with van der Waals surface area (Å²) in [6, 6.07) is 0.566. The fourth-order valence-corrected chi connectivity index (χ4v) is 2.06. The minimum Gasteiger partial charge on any atom is -0.308 e. The molecule has 3 nitrogen and oxygen atoms in total. The Bertz CT molecular complexity index is 329. The fourth-order valence-electron chi connectivity index (χ4n) is 1.86. The number of rotatable bonds is 6. The van der Waals surface area contributed by atoms with Crippen LogP contribution < -0.4 is 5.32 Å². The molecule has 0 aromatic carbocycles. The van der Waals surface area contributed by atoms with E-state index in [1.807, 2.05) is 11.6 Å². The second kappa shape index (κ2) is 6.26. The molecule has 0 aliphatic heterocycles. The molecule has 1 heterocycles. The fraction of sp³-hybridized carbons (Fsp3) is 0.750. The molecule has 0 saturated heterocycles. The van der Waals surface area contributed by atoms with Gasteiger partial charge >= 0.3 is 0 Å². The standard InChI is InChI=1S/C12H22ClN3/c1-5-10(6-2)14-8-11-12(13)9(4)15-16(11)7-3/h10,14H,5-8H2,1-4H3. The van der Waals surface area contributed by atoms with E-state index in [9.17, 15) is 0 Å². The van der Waals surface area contributed by atoms with Gasteiger partial charge in [-0.05, 0) is 26.7 Å². The Hall–Kier alpha value is -0.540. The summed E-state index contributed by atoms with van der Waals surface area (Å²) < 4.78 is 1.98. The molecule has 0 fully saturated rings. The number of halogens is 1. The molecule has 0 amide bonds. The predicted octanol–water partition coefficient (Wildman–Crippen LogP) is 3.14. The van der Waals surface area contributed by atoms with Crippen molar-refractivity contribution < 1.29 is 0 Å². The number of hydrogen-bond acceptors (Lipinski definition) is 2. The summed E-state index contributed by atoms with van der Waals surface area (Å²) in [4.78, 5) is 0. The van der Waals surface area contributed by atoms with Gasteiger partial charge in [0, 0.05) is 19.1 Å². The zero-order valence-electron chi connectivity index (χ0n) is 10.7. The van der Waals surface area contributed by atoms with Gasteiger partial charge < -0.3 is 5.32 Å². The van der Waals surface area contributed by atoms with Gasteiger partial charge in [-0.3, -0.25) is 4.68 Å². The molecule has 92 valence electrons. The summed E-state index contributed by atoms with van der Waals surface area (Å²) >= 11 is 6.24. The second-order valence-corrected chi connectivity index (χ2v) is 4.43.